The summed E-state index contributed by atoms with van der Waals surface area (Å²) in [5.41, 5.74) is 7.07. The molecule has 0 heterocycles. The lowest BCUT2D eigenvalue weighted by molar-refractivity contribution is 0.318. The van der Waals surface area contributed by atoms with Crippen molar-refractivity contribution >= 4 is 11.8 Å². The zero-order valence-corrected chi connectivity index (χ0v) is 11.6. The van der Waals surface area contributed by atoms with Gasteiger partial charge in [0.25, 0.3) is 0 Å². The Morgan fingerprint density at radius 3 is 2.59 bits per heavy atom. The highest BCUT2D eigenvalue weighted by atomic mass is 32.2. The summed E-state index contributed by atoms with van der Waals surface area (Å²) in [6, 6.07) is 8.64. The monoisotopic (exact) mass is 253 g/mol. The van der Waals surface area contributed by atoms with Crippen LogP contribution < -0.4 is 10.5 Å². The number of hydrogen-bond donors (Lipinski definition) is 1. The summed E-state index contributed by atoms with van der Waals surface area (Å²) < 4.78 is 5.65. The van der Waals surface area contributed by atoms with Crippen LogP contribution >= 0.6 is 11.8 Å². The van der Waals surface area contributed by atoms with Gasteiger partial charge in [-0.05, 0) is 55.9 Å². The van der Waals surface area contributed by atoms with Crippen LogP contribution in [0.4, 0.5) is 0 Å². The van der Waals surface area contributed by atoms with E-state index in [1.54, 1.807) is 0 Å². The zero-order chi connectivity index (χ0) is 12.5. The van der Waals surface area contributed by atoms with Crippen LogP contribution in [0.1, 0.15) is 25.3 Å². The molecule has 0 saturated heterocycles. The number of nitrogens with two attached hydrogens (primary N) is 1. The molecule has 0 spiro atoms. The third-order valence-electron chi connectivity index (χ3n) is 2.57. The van der Waals surface area contributed by atoms with Crippen molar-refractivity contribution in [2.45, 2.75) is 32.2 Å². The predicted octanol–water partition coefficient (Wildman–Crippen LogP) is 3.10. The minimum Gasteiger partial charge on any atom is -0.494 e. The van der Waals surface area contributed by atoms with E-state index in [1.165, 1.54) is 5.56 Å². The first-order valence-corrected chi connectivity index (χ1v) is 7.58. The molecule has 0 aliphatic carbocycles. The minimum absolute atomic E-state index is 0.275. The second-order valence-electron chi connectivity index (χ2n) is 4.35. The normalized spacial score (nSPS) is 12.4. The first-order valence-electron chi connectivity index (χ1n) is 6.18. The van der Waals surface area contributed by atoms with Crippen LogP contribution in [0.2, 0.25) is 0 Å². The Morgan fingerprint density at radius 1 is 1.29 bits per heavy atom. The van der Waals surface area contributed by atoms with Crippen molar-refractivity contribution < 1.29 is 4.74 Å². The van der Waals surface area contributed by atoms with Gasteiger partial charge >= 0.3 is 0 Å². The summed E-state index contributed by atoms with van der Waals surface area (Å²) in [6.45, 7) is 2.85. The Labute approximate surface area is 109 Å². The largest absolute Gasteiger partial charge is 0.494 e. The highest BCUT2D eigenvalue weighted by molar-refractivity contribution is 7.98. The predicted molar refractivity (Wildman–Crippen MR) is 76.9 cm³/mol. The van der Waals surface area contributed by atoms with Gasteiger partial charge in [-0.15, -0.1) is 0 Å². The lowest BCUT2D eigenvalue weighted by Gasteiger charge is -2.08. The van der Waals surface area contributed by atoms with Crippen molar-refractivity contribution in [3.8, 4) is 5.75 Å². The Hall–Kier alpha value is -0.670. The molecule has 2 N–H and O–H groups in total. The van der Waals surface area contributed by atoms with Gasteiger partial charge in [0.15, 0.2) is 0 Å². The molecule has 96 valence electrons. The maximum Gasteiger partial charge on any atom is 0.119 e. The fourth-order valence-electron chi connectivity index (χ4n) is 1.54. The van der Waals surface area contributed by atoms with Gasteiger partial charge in [0.1, 0.15) is 5.75 Å². The molecule has 17 heavy (non-hydrogen) atoms. The number of thioether (sulfide) groups is 1. The molecule has 0 amide bonds. The van der Waals surface area contributed by atoms with Gasteiger partial charge in [0, 0.05) is 6.04 Å². The summed E-state index contributed by atoms with van der Waals surface area (Å²) in [6.07, 6.45) is 5.30. The Bertz CT molecular complexity index is 298. The molecule has 1 unspecified atom stereocenters. The van der Waals surface area contributed by atoms with Gasteiger partial charge in [0.05, 0.1) is 6.61 Å². The second-order valence-corrected chi connectivity index (χ2v) is 5.34. The number of benzene rings is 1. The molecule has 3 heteroatoms. The molecule has 0 bridgehead atoms. The van der Waals surface area contributed by atoms with Crippen LogP contribution in [-0.2, 0) is 6.42 Å². The van der Waals surface area contributed by atoms with E-state index in [4.69, 9.17) is 10.5 Å². The highest BCUT2D eigenvalue weighted by Gasteiger charge is 1.98. The SMILES string of the molecule is CSCCCOc1ccc(CCC(C)N)cc1. The second kappa shape index (κ2) is 8.43. The Morgan fingerprint density at radius 2 is 2.00 bits per heavy atom. The third-order valence-corrected chi connectivity index (χ3v) is 3.27. The average Bonchev–Trinajstić information content (AvgIpc) is 2.33. The first-order chi connectivity index (χ1) is 8.22. The quantitative estimate of drug-likeness (QED) is 0.723. The fourth-order valence-corrected chi connectivity index (χ4v) is 1.95. The molecule has 2 nitrogen and oxygen atoms in total. The van der Waals surface area contributed by atoms with Crippen molar-refractivity contribution in [1.82, 2.24) is 0 Å². The van der Waals surface area contributed by atoms with Gasteiger partial charge in [0.2, 0.25) is 0 Å². The molecule has 0 aliphatic rings. The van der Waals surface area contributed by atoms with Crippen molar-refractivity contribution in [3.63, 3.8) is 0 Å². The lowest BCUT2D eigenvalue weighted by Crippen LogP contribution is -2.15. The Kier molecular flexibility index (Phi) is 7.13. The van der Waals surface area contributed by atoms with Gasteiger partial charge in [-0.25, -0.2) is 0 Å². The average molecular weight is 253 g/mol. The molecule has 1 atom stereocenters. The van der Waals surface area contributed by atoms with E-state index in [9.17, 15) is 0 Å². The molecule has 0 aromatic heterocycles. The topological polar surface area (TPSA) is 35.2 Å². The van der Waals surface area contributed by atoms with Gasteiger partial charge < -0.3 is 10.5 Å². The van der Waals surface area contributed by atoms with E-state index in [2.05, 4.69) is 30.5 Å². The highest BCUT2D eigenvalue weighted by Crippen LogP contribution is 2.14. The van der Waals surface area contributed by atoms with Crippen LogP contribution in [0, 0.1) is 0 Å². The van der Waals surface area contributed by atoms with Gasteiger partial charge in [-0.2, -0.15) is 11.8 Å². The number of hydrogen-bond acceptors (Lipinski definition) is 3. The maximum absolute atomic E-state index is 5.74. The molecule has 0 saturated carbocycles. The van der Waals surface area contributed by atoms with Crippen molar-refractivity contribution in [2.24, 2.45) is 5.73 Å². The summed E-state index contributed by atoms with van der Waals surface area (Å²) >= 11 is 1.86. The van der Waals surface area contributed by atoms with E-state index in [0.717, 1.165) is 37.4 Å². The van der Waals surface area contributed by atoms with Gasteiger partial charge in [-0.1, -0.05) is 12.1 Å². The van der Waals surface area contributed by atoms with Crippen LogP contribution in [0.25, 0.3) is 0 Å². The molecule has 0 aliphatic heterocycles. The lowest BCUT2D eigenvalue weighted by atomic mass is 10.1. The molecule has 1 aromatic rings. The van der Waals surface area contributed by atoms with Crippen molar-refractivity contribution in [3.05, 3.63) is 29.8 Å². The van der Waals surface area contributed by atoms with Crippen LogP contribution in [0.15, 0.2) is 24.3 Å². The summed E-state index contributed by atoms with van der Waals surface area (Å²) in [5, 5.41) is 0. The zero-order valence-electron chi connectivity index (χ0n) is 10.8. The van der Waals surface area contributed by atoms with E-state index < -0.39 is 0 Å². The van der Waals surface area contributed by atoms with E-state index in [1.807, 2.05) is 18.7 Å². The molecular weight excluding hydrogens is 230 g/mol. The van der Waals surface area contributed by atoms with E-state index in [0.29, 0.717) is 0 Å². The smallest absolute Gasteiger partial charge is 0.119 e. The summed E-state index contributed by atoms with van der Waals surface area (Å²) in [5.74, 6) is 2.13. The number of ether oxygens (including phenoxy) is 1. The first kappa shape index (κ1) is 14.4. The summed E-state index contributed by atoms with van der Waals surface area (Å²) in [4.78, 5) is 0. The van der Waals surface area contributed by atoms with Crippen LogP contribution in [0.3, 0.4) is 0 Å². The summed E-state index contributed by atoms with van der Waals surface area (Å²) in [7, 11) is 0. The standard InChI is InChI=1S/C14H23NOS/c1-12(15)4-5-13-6-8-14(9-7-13)16-10-3-11-17-2/h6-9,12H,3-5,10-11,15H2,1-2H3. The Balaban J connectivity index is 2.29. The third kappa shape index (κ3) is 6.59. The van der Waals surface area contributed by atoms with E-state index >= 15 is 0 Å². The number of aryl methyl sites for hydroxylation is 1. The molecular formula is C14H23NOS. The molecule has 0 radical (unpaired) electrons. The molecule has 1 aromatic carbocycles. The van der Waals surface area contributed by atoms with Crippen molar-refractivity contribution in [1.29, 1.82) is 0 Å². The molecule has 0 fully saturated rings. The minimum atomic E-state index is 0.275. The van der Waals surface area contributed by atoms with Crippen LogP contribution in [-0.4, -0.2) is 24.7 Å². The maximum atomic E-state index is 5.74. The number of rotatable bonds is 8. The molecule has 1 rings (SSSR count). The fraction of sp³-hybridized carbons (Fsp3) is 0.571. The van der Waals surface area contributed by atoms with Crippen LogP contribution in [0.5, 0.6) is 5.75 Å². The van der Waals surface area contributed by atoms with E-state index in [-0.39, 0.29) is 6.04 Å². The van der Waals surface area contributed by atoms with Gasteiger partial charge in [-0.3, -0.25) is 0 Å². The van der Waals surface area contributed by atoms with Crippen molar-refractivity contribution in [2.75, 3.05) is 18.6 Å².